The van der Waals surface area contributed by atoms with Gasteiger partial charge in [-0.2, -0.15) is 0 Å². The number of hydrogen-bond donors (Lipinski definition) is 0. The van der Waals surface area contributed by atoms with E-state index in [1.54, 1.807) is 12.1 Å². The van der Waals surface area contributed by atoms with Gasteiger partial charge in [-0.25, -0.2) is 8.42 Å². The molecule has 1 saturated heterocycles. The summed E-state index contributed by atoms with van der Waals surface area (Å²) in [5.74, 6) is 1.17. The molecule has 6 heteroatoms. The summed E-state index contributed by atoms with van der Waals surface area (Å²) in [6.07, 6.45) is 5.48. The minimum Gasteiger partial charge on any atom is -0.372 e. The fourth-order valence-electron chi connectivity index (χ4n) is 3.40. The van der Waals surface area contributed by atoms with E-state index in [1.165, 1.54) is 6.26 Å². The van der Waals surface area contributed by atoms with E-state index in [0.717, 1.165) is 51.0 Å². The van der Waals surface area contributed by atoms with Crippen LogP contribution in [0.25, 0.3) is 0 Å². The van der Waals surface area contributed by atoms with Crippen molar-refractivity contribution in [2.75, 3.05) is 37.8 Å². The molecule has 1 aliphatic heterocycles. The number of amides is 1. The predicted octanol–water partition coefficient (Wildman–Crippen LogP) is 2.17. The Hall–Kier alpha value is -1.56. The molecule has 2 aliphatic rings. The lowest BCUT2D eigenvalue weighted by molar-refractivity contribution is -0.131. The zero-order valence-electron chi connectivity index (χ0n) is 14.4. The molecule has 132 valence electrons. The number of nitrogens with zero attached hydrogens (tertiary/aromatic N) is 2. The van der Waals surface area contributed by atoms with Crippen molar-refractivity contribution in [1.82, 2.24) is 4.90 Å². The number of carbonyl (C=O) groups excluding carboxylic acids is 1. The van der Waals surface area contributed by atoms with E-state index in [-0.39, 0.29) is 0 Å². The second-order valence-electron chi connectivity index (χ2n) is 7.19. The Balaban J connectivity index is 1.52. The van der Waals surface area contributed by atoms with Crippen LogP contribution in [0.1, 0.15) is 25.7 Å². The van der Waals surface area contributed by atoms with Gasteiger partial charge in [-0.15, -0.1) is 0 Å². The maximum Gasteiger partial charge on any atom is 0.225 e. The van der Waals surface area contributed by atoms with Crippen LogP contribution in [-0.2, 0) is 14.6 Å². The third kappa shape index (κ3) is 4.09. The molecule has 0 unspecified atom stereocenters. The minimum absolute atomic E-state index is 0.295. The zero-order valence-corrected chi connectivity index (χ0v) is 15.3. The first kappa shape index (κ1) is 17.3. The molecule has 5 nitrogen and oxygen atoms in total. The Bertz CT molecular complexity index is 687. The monoisotopic (exact) mass is 350 g/mol. The highest BCUT2D eigenvalue weighted by Crippen LogP contribution is 2.31. The third-order valence-electron chi connectivity index (χ3n) is 5.08. The lowest BCUT2D eigenvalue weighted by Crippen LogP contribution is -2.39. The first-order chi connectivity index (χ1) is 11.3. The van der Waals surface area contributed by atoms with Crippen molar-refractivity contribution < 1.29 is 13.2 Å². The fourth-order valence-corrected chi connectivity index (χ4v) is 4.03. The van der Waals surface area contributed by atoms with E-state index in [9.17, 15) is 13.2 Å². The third-order valence-corrected chi connectivity index (χ3v) is 6.21. The Morgan fingerprint density at radius 2 is 1.71 bits per heavy atom. The maximum absolute atomic E-state index is 12.0. The average molecular weight is 350 g/mol. The van der Waals surface area contributed by atoms with Crippen LogP contribution in [0.2, 0.25) is 0 Å². The Kier molecular flexibility index (Phi) is 4.85. The van der Waals surface area contributed by atoms with Gasteiger partial charge in [-0.05, 0) is 55.9 Å². The molecule has 0 atom stereocenters. The Morgan fingerprint density at radius 3 is 2.21 bits per heavy atom. The van der Waals surface area contributed by atoms with Gasteiger partial charge in [-0.1, -0.05) is 0 Å². The van der Waals surface area contributed by atoms with Gasteiger partial charge in [0.2, 0.25) is 5.91 Å². The summed E-state index contributed by atoms with van der Waals surface area (Å²) in [4.78, 5) is 16.6. The SMILES string of the molecule is CN(CC1CCN(c2ccc(S(C)(=O)=O)cc2)CC1)C(=O)C1CC1. The van der Waals surface area contributed by atoms with E-state index in [4.69, 9.17) is 0 Å². The van der Waals surface area contributed by atoms with Gasteiger partial charge >= 0.3 is 0 Å². The van der Waals surface area contributed by atoms with Crippen molar-refractivity contribution in [2.45, 2.75) is 30.6 Å². The highest BCUT2D eigenvalue weighted by molar-refractivity contribution is 7.90. The molecule has 0 N–H and O–H groups in total. The lowest BCUT2D eigenvalue weighted by Gasteiger charge is -2.35. The summed E-state index contributed by atoms with van der Waals surface area (Å²) in [5.41, 5.74) is 1.07. The molecule has 0 aromatic heterocycles. The van der Waals surface area contributed by atoms with Crippen molar-refractivity contribution >= 4 is 21.4 Å². The number of anilines is 1. The maximum atomic E-state index is 12.0. The fraction of sp³-hybridized carbons (Fsp3) is 0.611. The van der Waals surface area contributed by atoms with Gasteiger partial charge in [0.15, 0.2) is 9.84 Å². The van der Waals surface area contributed by atoms with Crippen LogP contribution in [0.3, 0.4) is 0 Å². The predicted molar refractivity (Wildman–Crippen MR) is 94.8 cm³/mol. The van der Waals surface area contributed by atoms with Gasteiger partial charge in [0.05, 0.1) is 4.90 Å². The molecular weight excluding hydrogens is 324 g/mol. The second kappa shape index (κ2) is 6.75. The smallest absolute Gasteiger partial charge is 0.225 e. The average Bonchev–Trinajstić information content (AvgIpc) is 3.39. The molecule has 0 bridgehead atoms. The summed E-state index contributed by atoms with van der Waals surface area (Å²) >= 11 is 0. The number of benzene rings is 1. The summed E-state index contributed by atoms with van der Waals surface area (Å²) < 4.78 is 23.1. The molecular formula is C18H26N2O3S. The van der Waals surface area contributed by atoms with Crippen LogP contribution in [0.5, 0.6) is 0 Å². The van der Waals surface area contributed by atoms with E-state index < -0.39 is 9.84 Å². The Labute approximate surface area is 144 Å². The summed E-state index contributed by atoms with van der Waals surface area (Å²) in [7, 11) is -1.21. The normalized spacial score (nSPS) is 19.3. The molecule has 2 fully saturated rings. The topological polar surface area (TPSA) is 57.7 Å². The molecule has 1 aromatic carbocycles. The van der Waals surface area contributed by atoms with Crippen molar-refractivity contribution in [3.05, 3.63) is 24.3 Å². The largest absolute Gasteiger partial charge is 0.372 e. The standard InChI is InChI=1S/C18H26N2O3S/c1-19(18(21)15-3-4-15)13-14-9-11-20(12-10-14)16-5-7-17(8-6-16)24(2,22)23/h5-8,14-15H,3-4,9-13H2,1-2H3. The van der Waals surface area contributed by atoms with Gasteiger partial charge in [0.1, 0.15) is 0 Å². The number of carbonyl (C=O) groups is 1. The second-order valence-corrected chi connectivity index (χ2v) is 9.21. The summed E-state index contributed by atoms with van der Waals surface area (Å²) in [5, 5.41) is 0. The van der Waals surface area contributed by atoms with E-state index in [0.29, 0.717) is 22.6 Å². The van der Waals surface area contributed by atoms with Crippen LogP contribution < -0.4 is 4.90 Å². The number of rotatable bonds is 5. The number of hydrogen-bond acceptors (Lipinski definition) is 4. The minimum atomic E-state index is -3.14. The van der Waals surface area contributed by atoms with Crippen molar-refractivity contribution in [1.29, 1.82) is 0 Å². The van der Waals surface area contributed by atoms with E-state index in [1.807, 2.05) is 24.1 Å². The van der Waals surface area contributed by atoms with Crippen LogP contribution in [0, 0.1) is 11.8 Å². The molecule has 24 heavy (non-hydrogen) atoms. The first-order valence-corrected chi connectivity index (χ1v) is 10.5. The van der Waals surface area contributed by atoms with Gasteiger partial charge in [-0.3, -0.25) is 4.79 Å². The van der Waals surface area contributed by atoms with Crippen LogP contribution in [0.15, 0.2) is 29.2 Å². The number of sulfone groups is 1. The molecule has 1 heterocycles. The molecule has 1 amide bonds. The zero-order chi connectivity index (χ0) is 17.3. The molecule has 0 radical (unpaired) electrons. The quantitative estimate of drug-likeness (QED) is 0.817. The lowest BCUT2D eigenvalue weighted by atomic mass is 9.95. The molecule has 0 spiro atoms. The number of piperidine rings is 1. The molecule has 1 aromatic rings. The van der Waals surface area contributed by atoms with Crippen molar-refractivity contribution in [2.24, 2.45) is 11.8 Å². The summed E-state index contributed by atoms with van der Waals surface area (Å²) in [6.45, 7) is 2.76. The molecule has 1 aliphatic carbocycles. The first-order valence-electron chi connectivity index (χ1n) is 8.64. The van der Waals surface area contributed by atoms with Gasteiger partial charge < -0.3 is 9.80 Å². The summed E-state index contributed by atoms with van der Waals surface area (Å²) in [6, 6.07) is 7.14. The van der Waals surface area contributed by atoms with Crippen LogP contribution in [-0.4, -0.2) is 52.2 Å². The highest BCUT2D eigenvalue weighted by atomic mass is 32.2. The van der Waals surface area contributed by atoms with Crippen molar-refractivity contribution in [3.8, 4) is 0 Å². The van der Waals surface area contributed by atoms with Gasteiger partial charge in [0.25, 0.3) is 0 Å². The van der Waals surface area contributed by atoms with Gasteiger partial charge in [0, 0.05) is 44.5 Å². The van der Waals surface area contributed by atoms with Crippen LogP contribution in [0.4, 0.5) is 5.69 Å². The van der Waals surface area contributed by atoms with E-state index in [2.05, 4.69) is 4.90 Å². The van der Waals surface area contributed by atoms with E-state index >= 15 is 0 Å². The van der Waals surface area contributed by atoms with Crippen LogP contribution >= 0.6 is 0 Å². The molecule has 3 rings (SSSR count). The Morgan fingerprint density at radius 1 is 1.12 bits per heavy atom. The highest BCUT2D eigenvalue weighted by Gasteiger charge is 2.33. The molecule has 1 saturated carbocycles. The van der Waals surface area contributed by atoms with Crippen molar-refractivity contribution in [3.63, 3.8) is 0 Å².